The van der Waals surface area contributed by atoms with Gasteiger partial charge in [0, 0.05) is 26.9 Å². The molecule has 0 aliphatic carbocycles. The summed E-state index contributed by atoms with van der Waals surface area (Å²) in [5, 5.41) is 0. The van der Waals surface area contributed by atoms with Gasteiger partial charge in [0.1, 0.15) is 4.90 Å². The highest BCUT2D eigenvalue weighted by Crippen LogP contribution is 2.33. The molecule has 0 aliphatic heterocycles. The summed E-state index contributed by atoms with van der Waals surface area (Å²) < 4.78 is 62.3. The van der Waals surface area contributed by atoms with E-state index in [0.717, 1.165) is 0 Å². The summed E-state index contributed by atoms with van der Waals surface area (Å²) in [5.41, 5.74) is 1.50. The van der Waals surface area contributed by atoms with E-state index in [0.29, 0.717) is 5.69 Å². The quantitative estimate of drug-likeness (QED) is 0.525. The molecule has 0 aliphatic rings. The number of hydrogen-bond donors (Lipinski definition) is 2. The van der Waals surface area contributed by atoms with Crippen LogP contribution in [0.2, 0.25) is 0 Å². The zero-order chi connectivity index (χ0) is 15.6. The van der Waals surface area contributed by atoms with Crippen LogP contribution in [0.3, 0.4) is 0 Å². The van der Waals surface area contributed by atoms with Crippen molar-refractivity contribution in [1.29, 1.82) is 0 Å². The van der Waals surface area contributed by atoms with Crippen molar-refractivity contribution in [3.63, 3.8) is 0 Å². The van der Waals surface area contributed by atoms with Crippen LogP contribution in [0.15, 0.2) is 26.0 Å². The lowest BCUT2D eigenvalue weighted by atomic mass is 10.3. The maximum Gasteiger partial charge on any atom is 0.441 e. The highest BCUT2D eigenvalue weighted by Gasteiger charge is 2.28. The monoisotopic (exact) mass is 456 g/mol. The highest BCUT2D eigenvalue weighted by molar-refractivity contribution is 9.11. The topological polar surface area (TPSA) is 72.2 Å². The number of benzene rings is 1. The molecule has 0 saturated heterocycles. The van der Waals surface area contributed by atoms with E-state index in [2.05, 4.69) is 36.6 Å². The molecule has 1 aromatic rings. The van der Waals surface area contributed by atoms with Crippen LogP contribution in [0.4, 0.5) is 18.9 Å². The van der Waals surface area contributed by atoms with Gasteiger partial charge in [-0.05, 0) is 55.8 Å². The van der Waals surface area contributed by atoms with Crippen molar-refractivity contribution in [2.75, 3.05) is 18.0 Å². The van der Waals surface area contributed by atoms with Crippen LogP contribution in [0.5, 0.6) is 0 Å². The number of nitrogens with two attached hydrogens (primary N) is 1. The molecule has 0 aromatic heterocycles. The molecule has 0 amide bonds. The largest absolute Gasteiger partial charge is 0.441 e. The van der Waals surface area contributed by atoms with Crippen molar-refractivity contribution in [2.45, 2.75) is 10.4 Å². The van der Waals surface area contributed by atoms with Gasteiger partial charge in [-0.1, -0.05) is 0 Å². The van der Waals surface area contributed by atoms with Gasteiger partial charge in [0.25, 0.3) is 0 Å². The van der Waals surface area contributed by atoms with Crippen molar-refractivity contribution in [2.24, 2.45) is 0 Å². The molecule has 4 nitrogen and oxygen atoms in total. The molecule has 0 fully saturated rings. The van der Waals surface area contributed by atoms with Crippen molar-refractivity contribution in [3.8, 4) is 0 Å². The molecule has 0 radical (unpaired) electrons. The van der Waals surface area contributed by atoms with E-state index in [4.69, 9.17) is 5.73 Å². The van der Waals surface area contributed by atoms with Gasteiger partial charge in [-0.15, -0.1) is 0 Å². The van der Waals surface area contributed by atoms with Crippen molar-refractivity contribution in [3.05, 3.63) is 21.1 Å². The van der Waals surface area contributed by atoms with E-state index in [-0.39, 0.29) is 32.1 Å². The smallest absolute Gasteiger partial charge is 0.399 e. The van der Waals surface area contributed by atoms with E-state index < -0.39 is 21.3 Å². The van der Waals surface area contributed by atoms with Crippen LogP contribution in [0, 0.1) is 0 Å². The molecule has 0 atom stereocenters. The minimum Gasteiger partial charge on any atom is -0.399 e. The van der Waals surface area contributed by atoms with Gasteiger partial charge < -0.3 is 5.73 Å². The second-order valence-corrected chi connectivity index (χ2v) is 8.08. The van der Waals surface area contributed by atoms with Crippen LogP contribution in [0.25, 0.3) is 0 Å². The van der Waals surface area contributed by atoms with Crippen LogP contribution in [-0.4, -0.2) is 26.2 Å². The normalized spacial score (nSPS) is 12.7. The Labute approximate surface area is 135 Å². The Morgan fingerprint density at radius 2 is 1.75 bits per heavy atom. The van der Waals surface area contributed by atoms with E-state index in [9.17, 15) is 21.6 Å². The van der Waals surface area contributed by atoms with Crippen molar-refractivity contribution in [1.82, 2.24) is 4.72 Å². The Morgan fingerprint density at radius 1 is 1.25 bits per heavy atom. The van der Waals surface area contributed by atoms with E-state index in [1.807, 2.05) is 0 Å². The van der Waals surface area contributed by atoms with Crippen LogP contribution >= 0.6 is 43.6 Å². The first-order valence-electron chi connectivity index (χ1n) is 4.98. The molecule has 1 aromatic carbocycles. The first-order valence-corrected chi connectivity index (χ1v) is 9.03. The maximum atomic E-state index is 12.0. The van der Waals surface area contributed by atoms with Crippen molar-refractivity contribution < 1.29 is 21.6 Å². The lowest BCUT2D eigenvalue weighted by molar-refractivity contribution is -0.0327. The average Bonchev–Trinajstić information content (AvgIpc) is 2.21. The molecule has 0 saturated carbocycles. The SMILES string of the molecule is Nc1cc(Br)c(S(=O)(=O)NCCSC(F)(F)F)c(Br)c1. The van der Waals surface area contributed by atoms with Gasteiger partial charge in [-0.2, -0.15) is 13.2 Å². The van der Waals surface area contributed by atoms with E-state index in [1.54, 1.807) is 0 Å². The summed E-state index contributed by atoms with van der Waals surface area (Å²) >= 11 is 5.83. The van der Waals surface area contributed by atoms with Gasteiger partial charge in [0.05, 0.1) is 0 Å². The molecule has 20 heavy (non-hydrogen) atoms. The third kappa shape index (κ3) is 5.43. The Balaban J connectivity index is 2.80. The van der Waals surface area contributed by atoms with Gasteiger partial charge >= 0.3 is 5.51 Å². The van der Waals surface area contributed by atoms with E-state index >= 15 is 0 Å². The van der Waals surface area contributed by atoms with Crippen LogP contribution in [-0.2, 0) is 10.0 Å². The number of anilines is 1. The van der Waals surface area contributed by atoms with Gasteiger partial charge in [-0.3, -0.25) is 0 Å². The van der Waals surface area contributed by atoms with Crippen LogP contribution in [0.1, 0.15) is 0 Å². The van der Waals surface area contributed by atoms with Crippen LogP contribution < -0.4 is 10.5 Å². The third-order valence-electron chi connectivity index (χ3n) is 1.95. The number of alkyl halides is 3. The molecule has 0 heterocycles. The summed E-state index contributed by atoms with van der Waals surface area (Å²) in [4.78, 5) is -0.108. The minimum atomic E-state index is -4.38. The average molecular weight is 458 g/mol. The number of sulfonamides is 1. The molecule has 3 N–H and O–H groups in total. The van der Waals surface area contributed by atoms with Gasteiger partial charge in [0.2, 0.25) is 10.0 Å². The fourth-order valence-corrected chi connectivity index (χ4v) is 5.46. The summed E-state index contributed by atoms with van der Waals surface area (Å²) in [5.74, 6) is -0.410. The Hall–Kier alpha value is 0.0300. The fraction of sp³-hybridized carbons (Fsp3) is 0.333. The zero-order valence-electron chi connectivity index (χ0n) is 9.67. The lowest BCUT2D eigenvalue weighted by Crippen LogP contribution is -2.27. The molecular formula is C9H9Br2F3N2O2S2. The molecule has 1 rings (SSSR count). The zero-order valence-corrected chi connectivity index (χ0v) is 14.5. The number of thioether (sulfide) groups is 1. The third-order valence-corrected chi connectivity index (χ3v) is 6.02. The minimum absolute atomic E-state index is 0.108. The fourth-order valence-electron chi connectivity index (χ4n) is 1.25. The maximum absolute atomic E-state index is 12.0. The Bertz CT molecular complexity index is 570. The number of nitrogen functional groups attached to an aromatic ring is 1. The van der Waals surface area contributed by atoms with Gasteiger partial charge in [-0.25, -0.2) is 13.1 Å². The second-order valence-electron chi connectivity index (χ2n) is 3.51. The number of hydrogen-bond acceptors (Lipinski definition) is 4. The molecule has 11 heteroatoms. The Morgan fingerprint density at radius 3 is 2.20 bits per heavy atom. The van der Waals surface area contributed by atoms with Gasteiger partial charge in [0.15, 0.2) is 0 Å². The predicted molar refractivity (Wildman–Crippen MR) is 80.0 cm³/mol. The van der Waals surface area contributed by atoms with Crippen molar-refractivity contribution >= 4 is 59.3 Å². The molecule has 114 valence electrons. The summed E-state index contributed by atoms with van der Waals surface area (Å²) in [6, 6.07) is 2.79. The molecule has 0 bridgehead atoms. The standard InChI is InChI=1S/C9H9Br2F3N2O2S2/c10-6-3-5(15)4-7(11)8(6)20(17,18)16-1-2-19-9(12,13)14/h3-4,16H,1-2,15H2. The first-order chi connectivity index (χ1) is 9.03. The second kappa shape index (κ2) is 6.86. The summed E-state index contributed by atoms with van der Waals surface area (Å²) in [6.07, 6.45) is 0. The molecule has 0 unspecified atom stereocenters. The summed E-state index contributed by atoms with van der Waals surface area (Å²) in [6.45, 7) is -0.338. The summed E-state index contributed by atoms with van der Waals surface area (Å²) in [7, 11) is -3.94. The number of halogens is 5. The molecular weight excluding hydrogens is 449 g/mol. The molecule has 0 spiro atoms. The number of nitrogens with one attached hydrogen (secondary N) is 1. The number of rotatable bonds is 5. The first kappa shape index (κ1) is 18.1. The van der Waals surface area contributed by atoms with E-state index in [1.165, 1.54) is 12.1 Å². The Kier molecular flexibility index (Phi) is 6.20. The predicted octanol–water partition coefficient (Wildman–Crippen LogP) is 3.33. The lowest BCUT2D eigenvalue weighted by Gasteiger charge is -2.11. The highest BCUT2D eigenvalue weighted by atomic mass is 79.9.